The molecule has 0 aliphatic rings. The number of hydrogen-bond donors (Lipinski definition) is 0. The van der Waals surface area contributed by atoms with Gasteiger partial charge in [-0.1, -0.05) is 0 Å². The summed E-state index contributed by atoms with van der Waals surface area (Å²) in [6.07, 6.45) is 10.6. The van der Waals surface area contributed by atoms with E-state index in [-0.39, 0.29) is 5.41 Å². The van der Waals surface area contributed by atoms with Gasteiger partial charge in [-0.25, -0.2) is 0 Å². The first-order chi connectivity index (χ1) is 9.89. The Kier molecular flexibility index (Phi) is 11.7. The maximum absolute atomic E-state index is 3.36. The summed E-state index contributed by atoms with van der Waals surface area (Å²) in [7, 11) is 0. The van der Waals surface area contributed by atoms with Crippen LogP contribution in [-0.4, -0.2) is 18.4 Å². The molecule has 0 fully saturated rings. The molecule has 0 saturated heterocycles. The van der Waals surface area contributed by atoms with Gasteiger partial charge < -0.3 is 0 Å². The Morgan fingerprint density at radius 2 is 1.24 bits per heavy atom. The van der Waals surface area contributed by atoms with E-state index in [0.29, 0.717) is 0 Å². The number of hydrogen-bond acceptors (Lipinski definition) is 0. The average Bonchev–Trinajstić information content (AvgIpc) is 2.43. The van der Waals surface area contributed by atoms with Crippen LogP contribution in [0.25, 0.3) is 0 Å². The molecule has 1 heteroatoms. The molecule has 0 rings (SSSR count). The van der Waals surface area contributed by atoms with Gasteiger partial charge in [0, 0.05) is 0 Å². The summed E-state index contributed by atoms with van der Waals surface area (Å²) in [6, 6.07) is 0. The van der Waals surface area contributed by atoms with E-state index in [0.717, 1.165) is 0 Å². The fraction of sp³-hybridized carbons (Fsp3) is 0.800. The van der Waals surface area contributed by atoms with Crippen LogP contribution in [0.15, 0.2) is 10.2 Å². The van der Waals surface area contributed by atoms with Gasteiger partial charge in [0.05, 0.1) is 0 Å². The first-order valence-corrected chi connectivity index (χ1v) is 16.8. The zero-order chi connectivity index (χ0) is 16.2. The summed E-state index contributed by atoms with van der Waals surface area (Å²) in [5.41, 5.74) is 0.124. The van der Waals surface area contributed by atoms with Crippen molar-refractivity contribution in [1.82, 2.24) is 0 Å². The number of rotatable bonds is 10. The first kappa shape index (κ1) is 21.1. The van der Waals surface area contributed by atoms with E-state index in [2.05, 4.69) is 63.6 Å². The van der Waals surface area contributed by atoms with Gasteiger partial charge >= 0.3 is 139 Å². The average molecular weight is 397 g/mol. The summed E-state index contributed by atoms with van der Waals surface area (Å²) < 4.78 is 7.28. The second kappa shape index (κ2) is 11.6. The van der Waals surface area contributed by atoms with E-state index in [4.69, 9.17) is 0 Å². The molecular weight excluding hydrogens is 359 g/mol. The van der Waals surface area contributed by atoms with Crippen molar-refractivity contribution in [2.45, 2.75) is 93.4 Å². The van der Waals surface area contributed by atoms with Crippen molar-refractivity contribution in [2.24, 2.45) is 5.41 Å². The van der Waals surface area contributed by atoms with Crippen LogP contribution in [0.4, 0.5) is 0 Å². The fourth-order valence-corrected chi connectivity index (χ4v) is 16.6. The van der Waals surface area contributed by atoms with Crippen LogP contribution in [0, 0.1) is 17.3 Å². The second-order valence-corrected chi connectivity index (χ2v) is 20.5. The van der Waals surface area contributed by atoms with E-state index in [1.807, 2.05) is 0 Å². The topological polar surface area (TPSA) is 0 Å². The van der Waals surface area contributed by atoms with E-state index in [1.165, 1.54) is 38.5 Å². The fourth-order valence-electron chi connectivity index (χ4n) is 2.69. The Balaban J connectivity index is 5.00. The van der Waals surface area contributed by atoms with Crippen molar-refractivity contribution in [1.29, 1.82) is 0 Å². The van der Waals surface area contributed by atoms with Crippen molar-refractivity contribution in [3.63, 3.8) is 0 Å². The van der Waals surface area contributed by atoms with Crippen LogP contribution >= 0.6 is 0 Å². The predicted octanol–water partition coefficient (Wildman–Crippen LogP) is 6.98. The Bertz CT molecular complexity index is 313. The van der Waals surface area contributed by atoms with Crippen LogP contribution in [0.3, 0.4) is 0 Å². The summed E-state index contributed by atoms with van der Waals surface area (Å²) >= 11 is -2.08. The Morgan fingerprint density at radius 3 is 1.57 bits per heavy atom. The summed E-state index contributed by atoms with van der Waals surface area (Å²) in [4.78, 5) is 0. The Morgan fingerprint density at radius 1 is 0.810 bits per heavy atom. The van der Waals surface area contributed by atoms with Crippen molar-refractivity contribution >= 4 is 18.4 Å². The van der Waals surface area contributed by atoms with Crippen molar-refractivity contribution in [3.8, 4) is 11.8 Å². The zero-order valence-corrected chi connectivity index (χ0v) is 18.4. The molecule has 0 saturated carbocycles. The van der Waals surface area contributed by atoms with Crippen molar-refractivity contribution in [3.05, 3.63) is 10.2 Å². The minimum atomic E-state index is -2.08. The summed E-state index contributed by atoms with van der Waals surface area (Å²) in [5.74, 6) is 6.69. The molecule has 0 aliphatic heterocycles. The molecule has 0 radical (unpaired) electrons. The van der Waals surface area contributed by atoms with Gasteiger partial charge in [0.15, 0.2) is 0 Å². The third-order valence-electron chi connectivity index (χ3n) is 4.05. The van der Waals surface area contributed by atoms with Crippen molar-refractivity contribution in [2.75, 3.05) is 0 Å². The first-order valence-electron chi connectivity index (χ1n) is 9.09. The van der Waals surface area contributed by atoms with E-state index in [1.54, 1.807) is 13.3 Å². The van der Waals surface area contributed by atoms with Crippen LogP contribution in [-0.2, 0) is 0 Å². The Hall–Kier alpha value is 0.0987. The summed E-state index contributed by atoms with van der Waals surface area (Å²) in [5, 5.41) is 0. The monoisotopic (exact) mass is 398 g/mol. The molecule has 0 unspecified atom stereocenters. The molecule has 0 aromatic rings. The second-order valence-electron chi connectivity index (χ2n) is 7.53. The van der Waals surface area contributed by atoms with Gasteiger partial charge in [-0.15, -0.1) is 0 Å². The van der Waals surface area contributed by atoms with Crippen LogP contribution in [0.5, 0.6) is 0 Å². The molecule has 122 valence electrons. The van der Waals surface area contributed by atoms with Crippen LogP contribution < -0.4 is 0 Å². The molecular formula is C20H38Sn. The molecule has 0 nitrogen and oxygen atoms in total. The Labute approximate surface area is 139 Å². The molecule has 0 heterocycles. The van der Waals surface area contributed by atoms with Gasteiger partial charge in [-0.2, -0.15) is 0 Å². The molecule has 0 amide bonds. The molecule has 0 atom stereocenters. The zero-order valence-electron chi connectivity index (χ0n) is 15.5. The quantitative estimate of drug-likeness (QED) is 0.276. The van der Waals surface area contributed by atoms with Gasteiger partial charge in [-0.3, -0.25) is 0 Å². The molecule has 0 aromatic heterocycles. The van der Waals surface area contributed by atoms with Gasteiger partial charge in [0.1, 0.15) is 0 Å². The summed E-state index contributed by atoms with van der Waals surface area (Å²) in [6.45, 7) is 13.6. The van der Waals surface area contributed by atoms with Crippen LogP contribution in [0.1, 0.15) is 80.1 Å². The molecule has 21 heavy (non-hydrogen) atoms. The maximum atomic E-state index is 3.36. The van der Waals surface area contributed by atoms with Crippen LogP contribution in [0.2, 0.25) is 13.3 Å². The molecule has 0 bridgehead atoms. The number of allylic oxidation sites excluding steroid dienone is 1. The molecule has 0 spiro atoms. The van der Waals surface area contributed by atoms with E-state index >= 15 is 0 Å². The normalized spacial score (nSPS) is 12.5. The molecule has 0 aliphatic carbocycles. The van der Waals surface area contributed by atoms with E-state index < -0.39 is 18.4 Å². The molecule has 0 N–H and O–H groups in total. The third-order valence-corrected chi connectivity index (χ3v) is 18.1. The molecule has 0 aromatic carbocycles. The third kappa shape index (κ3) is 11.3. The minimum absolute atomic E-state index is 0.124. The van der Waals surface area contributed by atoms with Gasteiger partial charge in [0.2, 0.25) is 0 Å². The van der Waals surface area contributed by atoms with Gasteiger partial charge in [0.25, 0.3) is 0 Å². The van der Waals surface area contributed by atoms with Gasteiger partial charge in [-0.05, 0) is 0 Å². The predicted molar refractivity (Wildman–Crippen MR) is 101 cm³/mol. The number of unbranched alkanes of at least 4 members (excludes halogenated alkanes) is 3. The SMILES string of the molecule is CCC[CH2][Sn]([CH]=CC#CC(C)(C)C)([CH2]CCC)[CH2]CCC. The van der Waals surface area contributed by atoms with E-state index in [9.17, 15) is 0 Å². The van der Waals surface area contributed by atoms with Crippen molar-refractivity contribution < 1.29 is 0 Å². The standard InChI is InChI=1S/C8H11.3C4H9.Sn/c1-5-6-7-8(2,3)4;3*1-3-4-2;/h1,5H,2-4H3;3*1,3-4H2,2H3;.